The number of ether oxygens (including phenoxy) is 3. The highest BCUT2D eigenvalue weighted by Crippen LogP contribution is 2.43. The summed E-state index contributed by atoms with van der Waals surface area (Å²) in [5.74, 6) is 0. The summed E-state index contributed by atoms with van der Waals surface area (Å²) in [6.45, 7) is 6.96. The molecule has 5 aromatic rings. The fourth-order valence-electron chi connectivity index (χ4n) is 6.88. The van der Waals surface area contributed by atoms with Crippen LogP contribution in [0.15, 0.2) is 143 Å². The number of hydrogen-bond acceptors (Lipinski definition) is 7. The Labute approximate surface area is 293 Å². The van der Waals surface area contributed by atoms with Crippen LogP contribution in [0, 0.1) is 0 Å². The second-order valence-corrected chi connectivity index (χ2v) is 18.0. The molecule has 0 spiro atoms. The molecule has 1 unspecified atom stereocenters. The molecule has 9 nitrogen and oxygen atoms in total. The number of hydrogen-bond donors (Lipinski definition) is 2. The number of rotatable bonds is 13. The monoisotopic (exact) mass is 692 g/mol. The number of aliphatic hydroxyl groups excluding tert-OH is 1. The van der Waals surface area contributed by atoms with Crippen LogP contribution >= 0.6 is 0 Å². The predicted octanol–water partition coefficient (Wildman–Crippen LogP) is 4.54. The fraction of sp³-hybridized carbons (Fsp3) is 0.300. The summed E-state index contributed by atoms with van der Waals surface area (Å²) in [4.78, 5) is 27.4. The number of aromatic amines is 1. The van der Waals surface area contributed by atoms with Gasteiger partial charge in [0.2, 0.25) is 0 Å². The smallest absolute Gasteiger partial charge is 0.330 e. The van der Waals surface area contributed by atoms with Crippen LogP contribution in [0.3, 0.4) is 0 Å². The van der Waals surface area contributed by atoms with Crippen molar-refractivity contribution < 1.29 is 23.7 Å². The molecule has 0 amide bonds. The molecule has 50 heavy (non-hydrogen) atoms. The first kappa shape index (κ1) is 35.4. The normalized spacial score (nSPS) is 20.9. The topological polar surface area (TPSA) is 112 Å². The first-order chi connectivity index (χ1) is 24.1. The van der Waals surface area contributed by atoms with Crippen molar-refractivity contribution in [3.05, 3.63) is 166 Å². The van der Waals surface area contributed by atoms with E-state index in [9.17, 15) is 14.7 Å². The van der Waals surface area contributed by atoms with Crippen LogP contribution in [0.1, 0.15) is 38.1 Å². The Balaban J connectivity index is 1.46. The Kier molecular flexibility index (Phi) is 10.8. The van der Waals surface area contributed by atoms with Gasteiger partial charge in [-0.3, -0.25) is 14.3 Å². The van der Waals surface area contributed by atoms with Crippen molar-refractivity contribution in [3.63, 3.8) is 0 Å². The molecule has 2 N–H and O–H groups in total. The highest BCUT2D eigenvalue weighted by molar-refractivity contribution is 6.99. The van der Waals surface area contributed by atoms with Gasteiger partial charge in [-0.15, -0.1) is 0 Å². The van der Waals surface area contributed by atoms with Gasteiger partial charge < -0.3 is 23.7 Å². The minimum absolute atomic E-state index is 0.0226. The molecule has 6 rings (SSSR count). The van der Waals surface area contributed by atoms with Crippen LogP contribution in [0.2, 0.25) is 5.04 Å². The molecule has 0 saturated carbocycles. The first-order valence-corrected chi connectivity index (χ1v) is 18.7. The van der Waals surface area contributed by atoms with Gasteiger partial charge in [0.05, 0.1) is 26.4 Å². The minimum atomic E-state index is -3.11. The minimum Gasteiger partial charge on any atom is -0.404 e. The van der Waals surface area contributed by atoms with E-state index >= 15 is 0 Å². The molecule has 1 aliphatic rings. The lowest BCUT2D eigenvalue weighted by Crippen LogP contribution is -2.68. The zero-order chi connectivity index (χ0) is 35.2. The van der Waals surface area contributed by atoms with Crippen molar-refractivity contribution in [2.45, 2.75) is 63.1 Å². The first-order valence-electron chi connectivity index (χ1n) is 16.8. The van der Waals surface area contributed by atoms with Crippen molar-refractivity contribution >= 4 is 18.7 Å². The van der Waals surface area contributed by atoms with Crippen molar-refractivity contribution in [1.82, 2.24) is 9.55 Å². The molecule has 1 aromatic heterocycles. The number of benzene rings is 4. The van der Waals surface area contributed by atoms with Crippen molar-refractivity contribution in [3.8, 4) is 0 Å². The second kappa shape index (κ2) is 15.2. The van der Waals surface area contributed by atoms with Crippen molar-refractivity contribution in [1.29, 1.82) is 0 Å². The fourth-order valence-corrected chi connectivity index (χ4v) is 11.5. The summed E-state index contributed by atoms with van der Waals surface area (Å²) < 4.78 is 28.4. The van der Waals surface area contributed by atoms with E-state index in [2.05, 4.69) is 50.0 Å². The van der Waals surface area contributed by atoms with Gasteiger partial charge in [-0.05, 0) is 26.5 Å². The molecule has 260 valence electrons. The van der Waals surface area contributed by atoms with Crippen LogP contribution in [-0.4, -0.2) is 54.0 Å². The van der Waals surface area contributed by atoms with E-state index in [0.717, 1.165) is 21.5 Å². The Hall–Kier alpha value is -4.42. The molecule has 1 saturated heterocycles. The maximum atomic E-state index is 13.1. The number of nitrogens with zero attached hydrogens (tertiary/aromatic N) is 1. The van der Waals surface area contributed by atoms with Gasteiger partial charge in [0.15, 0.2) is 6.23 Å². The molecule has 0 radical (unpaired) electrons. The average Bonchev–Trinajstić information content (AvgIpc) is 3.39. The Morgan fingerprint density at radius 1 is 0.760 bits per heavy atom. The number of nitrogens with one attached hydrogen (secondary N) is 1. The molecular formula is C40H44N2O7Si. The highest BCUT2D eigenvalue weighted by Gasteiger charge is 2.59. The van der Waals surface area contributed by atoms with E-state index in [1.165, 1.54) is 16.8 Å². The van der Waals surface area contributed by atoms with E-state index in [4.69, 9.17) is 18.6 Å². The van der Waals surface area contributed by atoms with Crippen molar-refractivity contribution in [2.75, 3.05) is 13.2 Å². The average molecular weight is 693 g/mol. The van der Waals surface area contributed by atoms with Gasteiger partial charge in [0, 0.05) is 12.3 Å². The maximum Gasteiger partial charge on any atom is 0.330 e. The summed E-state index contributed by atoms with van der Waals surface area (Å²) in [6, 6.07) is 41.2. The Morgan fingerprint density at radius 3 is 1.80 bits per heavy atom. The van der Waals surface area contributed by atoms with Crippen LogP contribution < -0.4 is 21.6 Å². The van der Waals surface area contributed by atoms with Crippen LogP contribution in [0.4, 0.5) is 0 Å². The summed E-state index contributed by atoms with van der Waals surface area (Å²) in [5, 5.41) is 13.8. The standard InChI is InChI=1S/C40H44N2O7Si/c1-39(2,3)50(32-20-12-6-13-21-32,33-22-14-7-15-23-33)48-29-40(28-46-26-30-16-8-4-9-17-30)36(47-27-31-18-10-5-11-19-31)35(44)37(49-40)42-25-24-34(43)41-38(42)45/h4-25,35-37,44H,26-29H2,1-3H3,(H,41,43,45)/t35-,36+,37+,40?/m0/s1. The van der Waals surface area contributed by atoms with Gasteiger partial charge in [0.25, 0.3) is 13.9 Å². The molecule has 1 fully saturated rings. The van der Waals surface area contributed by atoms with Crippen LogP contribution in [0.25, 0.3) is 0 Å². The van der Waals surface area contributed by atoms with Crippen LogP contribution in [-0.2, 0) is 31.9 Å². The summed E-state index contributed by atoms with van der Waals surface area (Å²) in [5.41, 5.74) is -0.794. The van der Waals surface area contributed by atoms with E-state index in [1.54, 1.807) is 0 Å². The maximum absolute atomic E-state index is 13.1. The third-order valence-electron chi connectivity index (χ3n) is 9.28. The van der Waals surface area contributed by atoms with Crippen LogP contribution in [0.5, 0.6) is 0 Å². The molecule has 4 aromatic carbocycles. The lowest BCUT2D eigenvalue weighted by atomic mass is 9.96. The summed E-state index contributed by atoms with van der Waals surface area (Å²) >= 11 is 0. The summed E-state index contributed by atoms with van der Waals surface area (Å²) in [7, 11) is -3.11. The number of aliphatic hydroxyl groups is 1. The molecule has 0 bridgehead atoms. The van der Waals surface area contributed by atoms with E-state index in [0.29, 0.717) is 0 Å². The highest BCUT2D eigenvalue weighted by atomic mass is 28.4. The number of H-pyrrole nitrogens is 1. The third kappa shape index (κ3) is 7.36. The zero-order valence-electron chi connectivity index (χ0n) is 28.6. The largest absolute Gasteiger partial charge is 0.404 e. The SMILES string of the molecule is CC(C)(C)[Si](OCC1(COCc2ccccc2)O[C@@H](n2ccc(=O)[nH]c2=O)[C@@H](O)[C@H]1OCc1ccccc1)(c1ccccc1)c1ccccc1. The molecule has 4 atom stereocenters. The van der Waals surface area contributed by atoms with Gasteiger partial charge in [0.1, 0.15) is 17.8 Å². The van der Waals surface area contributed by atoms with Gasteiger partial charge in [-0.25, -0.2) is 4.79 Å². The number of aromatic nitrogens is 2. The quantitative estimate of drug-likeness (QED) is 0.174. The Bertz CT molecular complexity index is 1890. The lowest BCUT2D eigenvalue weighted by Gasteiger charge is -2.45. The van der Waals surface area contributed by atoms with E-state index in [1.807, 2.05) is 97.1 Å². The molecular weight excluding hydrogens is 649 g/mol. The predicted molar refractivity (Wildman–Crippen MR) is 195 cm³/mol. The van der Waals surface area contributed by atoms with Gasteiger partial charge in [-0.2, -0.15) is 0 Å². The lowest BCUT2D eigenvalue weighted by molar-refractivity contribution is -0.173. The second-order valence-electron chi connectivity index (χ2n) is 13.7. The molecule has 0 aliphatic carbocycles. The van der Waals surface area contributed by atoms with Gasteiger partial charge >= 0.3 is 5.69 Å². The Morgan fingerprint density at radius 2 is 1.28 bits per heavy atom. The molecule has 2 heterocycles. The molecule has 1 aliphatic heterocycles. The summed E-state index contributed by atoms with van der Waals surface area (Å²) in [6.07, 6.45) is -2.21. The van der Waals surface area contributed by atoms with E-state index < -0.39 is 43.6 Å². The zero-order valence-corrected chi connectivity index (χ0v) is 29.6. The van der Waals surface area contributed by atoms with Crippen molar-refractivity contribution in [2.24, 2.45) is 0 Å². The van der Waals surface area contributed by atoms with E-state index in [-0.39, 0.29) is 31.5 Å². The van der Waals surface area contributed by atoms with Gasteiger partial charge in [-0.1, -0.05) is 142 Å². The third-order valence-corrected chi connectivity index (χ3v) is 14.3. The molecule has 10 heteroatoms.